The van der Waals surface area contributed by atoms with Crippen molar-refractivity contribution >= 4 is 6.09 Å². The summed E-state index contributed by atoms with van der Waals surface area (Å²) < 4.78 is 5.22. The van der Waals surface area contributed by atoms with Crippen LogP contribution in [0.15, 0.2) is 24.4 Å². The Balaban J connectivity index is 2.62. The molecule has 0 aliphatic carbocycles. The molecule has 1 rings (SSSR count). The molecule has 0 aliphatic rings. The van der Waals surface area contributed by atoms with Gasteiger partial charge in [-0.1, -0.05) is 6.07 Å². The van der Waals surface area contributed by atoms with Crippen LogP contribution >= 0.6 is 0 Å². The fourth-order valence-electron chi connectivity index (χ4n) is 1.26. The molecule has 0 radical (unpaired) electrons. The van der Waals surface area contributed by atoms with Gasteiger partial charge in [0, 0.05) is 18.3 Å². The second-order valence-electron chi connectivity index (χ2n) is 4.76. The molecule has 1 aromatic heterocycles. The van der Waals surface area contributed by atoms with Crippen LogP contribution in [0.3, 0.4) is 0 Å². The highest BCUT2D eigenvalue weighted by molar-refractivity contribution is 5.68. The lowest BCUT2D eigenvalue weighted by molar-refractivity contribution is 0.0929. The van der Waals surface area contributed by atoms with E-state index in [4.69, 9.17) is 10.5 Å². The maximum atomic E-state index is 11.6. The topological polar surface area (TPSA) is 77.2 Å². The smallest absolute Gasteiger partial charge is 0.408 e. The number of pyridine rings is 1. The Morgan fingerprint density at radius 3 is 2.71 bits per heavy atom. The van der Waals surface area contributed by atoms with Crippen molar-refractivity contribution in [3.05, 3.63) is 30.1 Å². The molecule has 0 spiro atoms. The number of ether oxygens (including phenoxy) is 1. The lowest BCUT2D eigenvalue weighted by Gasteiger charge is -2.22. The fraction of sp³-hybridized carbons (Fsp3) is 0.500. The van der Waals surface area contributed by atoms with E-state index in [1.165, 1.54) is 0 Å². The molecular weight excluding hydrogens is 218 g/mol. The molecular formula is C12H19N3O2. The van der Waals surface area contributed by atoms with Gasteiger partial charge in [0.1, 0.15) is 0 Å². The zero-order valence-corrected chi connectivity index (χ0v) is 10.4. The van der Waals surface area contributed by atoms with Crippen molar-refractivity contribution in [3.8, 4) is 0 Å². The number of nitrogens with one attached hydrogen (secondary N) is 1. The van der Waals surface area contributed by atoms with E-state index in [0.717, 1.165) is 0 Å². The average Bonchev–Trinajstić information content (AvgIpc) is 2.24. The van der Waals surface area contributed by atoms with Gasteiger partial charge in [-0.3, -0.25) is 4.98 Å². The van der Waals surface area contributed by atoms with Crippen molar-refractivity contribution in [2.24, 2.45) is 5.73 Å². The Hall–Kier alpha value is -1.62. The first-order valence-corrected chi connectivity index (χ1v) is 5.52. The van der Waals surface area contributed by atoms with Gasteiger partial charge in [-0.25, -0.2) is 4.79 Å². The predicted octanol–water partition coefficient (Wildman–Crippen LogP) is 1.61. The van der Waals surface area contributed by atoms with Gasteiger partial charge in [0.2, 0.25) is 0 Å². The number of nitrogens with zero attached hydrogens (tertiary/aromatic N) is 1. The molecule has 5 heteroatoms. The van der Waals surface area contributed by atoms with Gasteiger partial charge in [-0.05, 0) is 32.9 Å². The quantitative estimate of drug-likeness (QED) is 0.837. The largest absolute Gasteiger partial charge is 0.438 e. The Kier molecular flexibility index (Phi) is 4.45. The van der Waals surface area contributed by atoms with Crippen molar-refractivity contribution in [3.63, 3.8) is 0 Å². The molecule has 1 atom stereocenters. The summed E-state index contributed by atoms with van der Waals surface area (Å²) in [6.07, 6.45) is 0.639. The van der Waals surface area contributed by atoms with Crippen molar-refractivity contribution in [2.45, 2.75) is 32.4 Å². The molecule has 5 nitrogen and oxygen atoms in total. The van der Waals surface area contributed by atoms with E-state index in [2.05, 4.69) is 10.3 Å². The summed E-state index contributed by atoms with van der Waals surface area (Å²) in [5.74, 6) is 0. The SMILES string of the molecule is CC(C)(C)NC(=O)OC(CN)c1ccccn1. The number of nitrogens with two attached hydrogens (primary N) is 1. The van der Waals surface area contributed by atoms with Gasteiger partial charge in [0.15, 0.2) is 6.10 Å². The lowest BCUT2D eigenvalue weighted by Crippen LogP contribution is -2.42. The first kappa shape index (κ1) is 13.4. The summed E-state index contributed by atoms with van der Waals surface area (Å²) >= 11 is 0. The zero-order chi connectivity index (χ0) is 12.9. The monoisotopic (exact) mass is 237 g/mol. The van der Waals surface area contributed by atoms with Gasteiger partial charge >= 0.3 is 6.09 Å². The molecule has 0 bridgehead atoms. The summed E-state index contributed by atoms with van der Waals surface area (Å²) in [5, 5.41) is 2.71. The number of rotatable bonds is 3. The van der Waals surface area contributed by atoms with E-state index in [1.807, 2.05) is 26.8 Å². The van der Waals surface area contributed by atoms with Gasteiger partial charge in [-0.15, -0.1) is 0 Å². The maximum Gasteiger partial charge on any atom is 0.408 e. The number of aromatic nitrogens is 1. The van der Waals surface area contributed by atoms with Gasteiger partial charge in [0.05, 0.1) is 5.69 Å². The first-order valence-electron chi connectivity index (χ1n) is 5.52. The minimum Gasteiger partial charge on any atom is -0.438 e. The number of alkyl carbamates (subject to hydrolysis) is 1. The van der Waals surface area contributed by atoms with E-state index in [-0.39, 0.29) is 12.1 Å². The summed E-state index contributed by atoms with van der Waals surface area (Å²) in [4.78, 5) is 15.7. The third-order valence-corrected chi connectivity index (χ3v) is 1.96. The predicted molar refractivity (Wildman–Crippen MR) is 65.4 cm³/mol. The number of hydrogen-bond acceptors (Lipinski definition) is 4. The highest BCUT2D eigenvalue weighted by atomic mass is 16.6. The Labute approximate surface area is 101 Å². The second kappa shape index (κ2) is 5.63. The number of carbonyl (C=O) groups excluding carboxylic acids is 1. The zero-order valence-electron chi connectivity index (χ0n) is 10.4. The van der Waals surface area contributed by atoms with Crippen LogP contribution in [0.2, 0.25) is 0 Å². The van der Waals surface area contributed by atoms with Crippen LogP contribution in [0.5, 0.6) is 0 Å². The van der Waals surface area contributed by atoms with Crippen LogP contribution in [-0.2, 0) is 4.74 Å². The van der Waals surface area contributed by atoms with Gasteiger partial charge in [0.25, 0.3) is 0 Å². The fourth-order valence-corrected chi connectivity index (χ4v) is 1.26. The van der Waals surface area contributed by atoms with Gasteiger partial charge < -0.3 is 15.8 Å². The molecule has 17 heavy (non-hydrogen) atoms. The van der Waals surface area contributed by atoms with Gasteiger partial charge in [-0.2, -0.15) is 0 Å². The lowest BCUT2D eigenvalue weighted by atomic mass is 10.1. The van der Waals surface area contributed by atoms with E-state index in [0.29, 0.717) is 5.69 Å². The number of hydrogen-bond donors (Lipinski definition) is 2. The minimum absolute atomic E-state index is 0.203. The van der Waals surface area contributed by atoms with Crippen LogP contribution in [-0.4, -0.2) is 23.2 Å². The Morgan fingerprint density at radius 2 is 2.24 bits per heavy atom. The third-order valence-electron chi connectivity index (χ3n) is 1.96. The van der Waals surface area contributed by atoms with Crippen molar-refractivity contribution < 1.29 is 9.53 Å². The van der Waals surface area contributed by atoms with E-state index < -0.39 is 12.2 Å². The minimum atomic E-state index is -0.515. The summed E-state index contributed by atoms with van der Waals surface area (Å²) in [6, 6.07) is 5.41. The normalized spacial score (nSPS) is 12.9. The highest BCUT2D eigenvalue weighted by Gasteiger charge is 2.20. The molecule has 1 unspecified atom stereocenters. The standard InChI is InChI=1S/C12H19N3O2/c1-12(2,3)15-11(16)17-10(8-13)9-6-4-5-7-14-9/h4-7,10H,8,13H2,1-3H3,(H,15,16). The molecule has 94 valence electrons. The second-order valence-corrected chi connectivity index (χ2v) is 4.76. The van der Waals surface area contributed by atoms with E-state index in [1.54, 1.807) is 18.3 Å². The number of carbonyl (C=O) groups is 1. The van der Waals surface area contributed by atoms with E-state index >= 15 is 0 Å². The average molecular weight is 237 g/mol. The molecule has 0 aliphatic heterocycles. The van der Waals surface area contributed by atoms with Crippen molar-refractivity contribution in [2.75, 3.05) is 6.54 Å². The first-order chi connectivity index (χ1) is 7.92. The van der Waals surface area contributed by atoms with Crippen LogP contribution < -0.4 is 11.1 Å². The number of amides is 1. The van der Waals surface area contributed by atoms with Crippen LogP contribution in [0.25, 0.3) is 0 Å². The van der Waals surface area contributed by atoms with Crippen molar-refractivity contribution in [1.29, 1.82) is 0 Å². The Morgan fingerprint density at radius 1 is 1.53 bits per heavy atom. The maximum absolute atomic E-state index is 11.6. The van der Waals surface area contributed by atoms with E-state index in [9.17, 15) is 4.79 Å². The summed E-state index contributed by atoms with van der Waals surface area (Å²) in [5.41, 5.74) is 5.89. The van der Waals surface area contributed by atoms with Crippen LogP contribution in [0.4, 0.5) is 4.79 Å². The molecule has 0 aromatic carbocycles. The van der Waals surface area contributed by atoms with Crippen LogP contribution in [0, 0.1) is 0 Å². The summed E-state index contributed by atoms with van der Waals surface area (Å²) in [7, 11) is 0. The molecule has 1 aromatic rings. The Bertz CT molecular complexity index is 360. The van der Waals surface area contributed by atoms with Crippen molar-refractivity contribution in [1.82, 2.24) is 10.3 Å². The molecule has 1 amide bonds. The molecule has 0 fully saturated rings. The van der Waals surface area contributed by atoms with Crippen LogP contribution in [0.1, 0.15) is 32.6 Å². The highest BCUT2D eigenvalue weighted by Crippen LogP contribution is 2.13. The molecule has 0 saturated heterocycles. The molecule has 1 heterocycles. The molecule has 0 saturated carbocycles. The molecule has 3 N–H and O–H groups in total. The summed E-state index contributed by atoms with van der Waals surface area (Å²) in [6.45, 7) is 5.85. The third kappa shape index (κ3) is 4.82.